The molecule has 2 rings (SSSR count). The lowest BCUT2D eigenvalue weighted by atomic mass is 10.1. The third kappa shape index (κ3) is 2.37. The summed E-state index contributed by atoms with van der Waals surface area (Å²) < 4.78 is 0. The van der Waals surface area contributed by atoms with E-state index in [0.29, 0.717) is 0 Å². The van der Waals surface area contributed by atoms with Crippen molar-refractivity contribution in [2.24, 2.45) is 0 Å². The van der Waals surface area contributed by atoms with Gasteiger partial charge in [0.1, 0.15) is 5.82 Å². The minimum atomic E-state index is 0.740. The summed E-state index contributed by atoms with van der Waals surface area (Å²) in [6.45, 7) is 2.90. The fourth-order valence-corrected chi connectivity index (χ4v) is 1.57. The summed E-state index contributed by atoms with van der Waals surface area (Å²) in [5.41, 5.74) is 2.53. The van der Waals surface area contributed by atoms with Crippen LogP contribution >= 0.6 is 0 Å². The number of nitrogens with one attached hydrogen (secondary N) is 2. The highest BCUT2D eigenvalue weighted by Crippen LogP contribution is 2.15. The predicted octanol–water partition coefficient (Wildman–Crippen LogP) is 2.58. The van der Waals surface area contributed by atoms with E-state index in [0.717, 1.165) is 18.8 Å². The van der Waals surface area contributed by atoms with E-state index in [1.54, 1.807) is 6.20 Å². The largest absolute Gasteiger partial charge is 0.378 e. The van der Waals surface area contributed by atoms with Crippen molar-refractivity contribution in [2.45, 2.75) is 19.9 Å². The van der Waals surface area contributed by atoms with Crippen LogP contribution in [0, 0.1) is 0 Å². The third-order valence-corrected chi connectivity index (χ3v) is 2.40. The second-order valence-electron chi connectivity index (χ2n) is 3.40. The van der Waals surface area contributed by atoms with Gasteiger partial charge >= 0.3 is 0 Å². The van der Waals surface area contributed by atoms with E-state index in [-0.39, 0.29) is 0 Å². The summed E-state index contributed by atoms with van der Waals surface area (Å²) in [4.78, 5) is 7.24. The first-order valence-corrected chi connectivity index (χ1v) is 5.20. The summed E-state index contributed by atoms with van der Waals surface area (Å²) in [7, 11) is 0. The molecule has 78 valence electrons. The lowest BCUT2D eigenvalue weighted by Crippen LogP contribution is -2.03. The molecule has 0 amide bonds. The van der Waals surface area contributed by atoms with Gasteiger partial charge in [-0.15, -0.1) is 0 Å². The zero-order valence-electron chi connectivity index (χ0n) is 8.83. The number of para-hydroxylation sites is 1. The maximum absolute atomic E-state index is 4.17. The molecule has 1 aromatic carbocycles. The van der Waals surface area contributed by atoms with Crippen LogP contribution in [0.5, 0.6) is 0 Å². The van der Waals surface area contributed by atoms with Crippen LogP contribution in [0.15, 0.2) is 36.7 Å². The number of nitrogens with zero attached hydrogens (tertiary/aromatic N) is 1. The molecule has 2 aromatic rings. The molecule has 0 unspecified atom stereocenters. The summed E-state index contributed by atoms with van der Waals surface area (Å²) in [5.74, 6) is 0.959. The smallest absolute Gasteiger partial charge is 0.125 e. The van der Waals surface area contributed by atoms with E-state index >= 15 is 0 Å². The van der Waals surface area contributed by atoms with E-state index in [1.807, 2.05) is 12.3 Å². The highest BCUT2D eigenvalue weighted by Gasteiger charge is 1.99. The molecule has 0 radical (unpaired) electrons. The molecule has 0 aliphatic carbocycles. The molecule has 1 aromatic heterocycles. The first-order chi connectivity index (χ1) is 7.40. The molecule has 0 aliphatic heterocycles. The van der Waals surface area contributed by atoms with Gasteiger partial charge in [0.25, 0.3) is 0 Å². The Bertz CT molecular complexity index is 407. The minimum absolute atomic E-state index is 0.740. The van der Waals surface area contributed by atoms with Crippen LogP contribution < -0.4 is 5.32 Å². The first kappa shape index (κ1) is 9.77. The van der Waals surface area contributed by atoms with Gasteiger partial charge in [-0.3, -0.25) is 0 Å². The molecule has 0 bridgehead atoms. The molecule has 3 nitrogen and oxygen atoms in total. The van der Waals surface area contributed by atoms with Crippen molar-refractivity contribution in [3.05, 3.63) is 48.0 Å². The number of benzene rings is 1. The highest BCUT2D eigenvalue weighted by atomic mass is 15.0. The van der Waals surface area contributed by atoms with E-state index in [1.165, 1.54) is 11.3 Å². The molecule has 3 heteroatoms. The van der Waals surface area contributed by atoms with Gasteiger partial charge in [0.05, 0.1) is 6.54 Å². The van der Waals surface area contributed by atoms with E-state index in [4.69, 9.17) is 0 Å². The van der Waals surface area contributed by atoms with Crippen LogP contribution in [-0.4, -0.2) is 9.97 Å². The number of imidazole rings is 1. The average molecular weight is 201 g/mol. The molecular weight excluding hydrogens is 186 g/mol. The van der Waals surface area contributed by atoms with Gasteiger partial charge in [0, 0.05) is 18.1 Å². The van der Waals surface area contributed by atoms with Crippen molar-refractivity contribution in [3.63, 3.8) is 0 Å². The fraction of sp³-hybridized carbons (Fsp3) is 0.250. The molecule has 0 spiro atoms. The van der Waals surface area contributed by atoms with Crippen molar-refractivity contribution in [3.8, 4) is 0 Å². The van der Waals surface area contributed by atoms with Gasteiger partial charge in [-0.05, 0) is 18.1 Å². The van der Waals surface area contributed by atoms with Crippen LogP contribution in [-0.2, 0) is 13.0 Å². The van der Waals surface area contributed by atoms with Crippen LogP contribution in [0.4, 0.5) is 5.69 Å². The lowest BCUT2D eigenvalue weighted by Gasteiger charge is -2.09. The van der Waals surface area contributed by atoms with Gasteiger partial charge in [0.15, 0.2) is 0 Å². The molecule has 0 fully saturated rings. The van der Waals surface area contributed by atoms with Gasteiger partial charge in [0.2, 0.25) is 0 Å². The Morgan fingerprint density at radius 1 is 1.33 bits per heavy atom. The number of aromatic nitrogens is 2. The van der Waals surface area contributed by atoms with E-state index in [2.05, 4.69) is 40.4 Å². The average Bonchev–Trinajstić information content (AvgIpc) is 2.79. The highest BCUT2D eigenvalue weighted by molar-refractivity contribution is 5.50. The van der Waals surface area contributed by atoms with Crippen molar-refractivity contribution < 1.29 is 0 Å². The number of aryl methyl sites for hydroxylation is 1. The molecule has 0 atom stereocenters. The Labute approximate surface area is 89.6 Å². The quantitative estimate of drug-likeness (QED) is 0.798. The first-order valence-electron chi connectivity index (χ1n) is 5.20. The monoisotopic (exact) mass is 201 g/mol. The SMILES string of the molecule is CCc1ccccc1NCc1ncc[nH]1. The summed E-state index contributed by atoms with van der Waals surface area (Å²) in [6, 6.07) is 8.35. The Hall–Kier alpha value is -1.77. The van der Waals surface area contributed by atoms with Crippen LogP contribution in [0.2, 0.25) is 0 Å². The van der Waals surface area contributed by atoms with Crippen molar-refractivity contribution >= 4 is 5.69 Å². The van der Waals surface area contributed by atoms with Crippen molar-refractivity contribution in [2.75, 3.05) is 5.32 Å². The fourth-order valence-electron chi connectivity index (χ4n) is 1.57. The molecule has 1 heterocycles. The van der Waals surface area contributed by atoms with Gasteiger partial charge in [-0.2, -0.15) is 0 Å². The van der Waals surface area contributed by atoms with Gasteiger partial charge in [-0.1, -0.05) is 25.1 Å². The molecular formula is C12H15N3. The number of hydrogen-bond donors (Lipinski definition) is 2. The molecule has 2 N–H and O–H groups in total. The molecule has 0 saturated heterocycles. The maximum atomic E-state index is 4.17. The topological polar surface area (TPSA) is 40.7 Å². The predicted molar refractivity (Wildman–Crippen MR) is 61.7 cm³/mol. The lowest BCUT2D eigenvalue weighted by molar-refractivity contribution is 0.991. The zero-order chi connectivity index (χ0) is 10.5. The Kier molecular flexibility index (Phi) is 3.02. The number of aromatic amines is 1. The summed E-state index contributed by atoms with van der Waals surface area (Å²) >= 11 is 0. The summed E-state index contributed by atoms with van der Waals surface area (Å²) in [6.07, 6.45) is 4.65. The van der Waals surface area contributed by atoms with Crippen molar-refractivity contribution in [1.29, 1.82) is 0 Å². The zero-order valence-corrected chi connectivity index (χ0v) is 8.83. The van der Waals surface area contributed by atoms with Crippen molar-refractivity contribution in [1.82, 2.24) is 9.97 Å². The van der Waals surface area contributed by atoms with Crippen LogP contribution in [0.25, 0.3) is 0 Å². The van der Waals surface area contributed by atoms with E-state index in [9.17, 15) is 0 Å². The molecule has 0 saturated carbocycles. The standard InChI is InChI=1S/C12H15N3/c1-2-10-5-3-4-6-11(10)15-9-12-13-7-8-14-12/h3-8,15H,2,9H2,1H3,(H,13,14). The Balaban J connectivity index is 2.04. The van der Waals surface area contributed by atoms with E-state index < -0.39 is 0 Å². The minimum Gasteiger partial charge on any atom is -0.378 e. The normalized spacial score (nSPS) is 10.2. The van der Waals surface area contributed by atoms with Gasteiger partial charge in [-0.25, -0.2) is 4.98 Å². The summed E-state index contributed by atoms with van der Waals surface area (Å²) in [5, 5.41) is 3.37. The Morgan fingerprint density at radius 3 is 2.93 bits per heavy atom. The number of hydrogen-bond acceptors (Lipinski definition) is 2. The number of rotatable bonds is 4. The third-order valence-electron chi connectivity index (χ3n) is 2.40. The number of anilines is 1. The van der Waals surface area contributed by atoms with Gasteiger partial charge < -0.3 is 10.3 Å². The number of H-pyrrole nitrogens is 1. The molecule has 0 aliphatic rings. The maximum Gasteiger partial charge on any atom is 0.125 e. The molecule has 15 heavy (non-hydrogen) atoms. The second kappa shape index (κ2) is 4.64. The van der Waals surface area contributed by atoms with Crippen LogP contribution in [0.3, 0.4) is 0 Å². The van der Waals surface area contributed by atoms with Crippen LogP contribution in [0.1, 0.15) is 18.3 Å². The second-order valence-corrected chi connectivity index (χ2v) is 3.40. The Morgan fingerprint density at radius 2 is 2.20 bits per heavy atom.